The van der Waals surface area contributed by atoms with E-state index in [1.165, 1.54) is 19.3 Å². The van der Waals surface area contributed by atoms with Crippen LogP contribution in [0.5, 0.6) is 11.5 Å². The van der Waals surface area contributed by atoms with Crippen molar-refractivity contribution in [3.05, 3.63) is 52.9 Å². The molecule has 0 spiro atoms. The minimum absolute atomic E-state index is 0.174. The van der Waals surface area contributed by atoms with Crippen molar-refractivity contribution in [1.82, 2.24) is 4.57 Å². The molecule has 0 radical (unpaired) electrons. The van der Waals surface area contributed by atoms with E-state index in [0.29, 0.717) is 17.4 Å². The molecule has 0 saturated heterocycles. The van der Waals surface area contributed by atoms with Gasteiger partial charge in [0.15, 0.2) is 23.9 Å². The predicted molar refractivity (Wildman–Crippen MR) is 104 cm³/mol. The SMILES string of the molecule is COc1cc(C(=O)/C=C/c2cc(C)n(C(C)C)c2C)ccc1OCC(=O)O. The van der Waals surface area contributed by atoms with E-state index < -0.39 is 12.6 Å². The molecular weight excluding hydrogens is 346 g/mol. The van der Waals surface area contributed by atoms with Crippen molar-refractivity contribution in [3.8, 4) is 11.5 Å². The fourth-order valence-corrected chi connectivity index (χ4v) is 3.11. The highest BCUT2D eigenvalue weighted by atomic mass is 16.5. The zero-order valence-corrected chi connectivity index (χ0v) is 16.3. The van der Waals surface area contributed by atoms with E-state index in [9.17, 15) is 9.59 Å². The van der Waals surface area contributed by atoms with Crippen molar-refractivity contribution in [3.63, 3.8) is 0 Å². The lowest BCUT2D eigenvalue weighted by Gasteiger charge is -2.13. The number of hydrogen-bond acceptors (Lipinski definition) is 4. The number of benzene rings is 1. The quantitative estimate of drug-likeness (QED) is 0.559. The second-order valence-electron chi connectivity index (χ2n) is 6.54. The number of methoxy groups -OCH3 is 1. The first-order valence-electron chi connectivity index (χ1n) is 8.68. The standard InChI is InChI=1S/C21H25NO5/c1-13(2)22-14(3)10-16(15(22)4)6-8-18(23)17-7-9-19(20(11-17)26-5)27-12-21(24)25/h6-11,13H,12H2,1-5H3,(H,24,25)/b8-6+. The molecule has 0 saturated carbocycles. The van der Waals surface area contributed by atoms with Gasteiger partial charge in [-0.25, -0.2) is 4.79 Å². The van der Waals surface area contributed by atoms with Crippen molar-refractivity contribution in [1.29, 1.82) is 0 Å². The van der Waals surface area contributed by atoms with Crippen molar-refractivity contribution in [2.45, 2.75) is 33.7 Å². The highest BCUT2D eigenvalue weighted by molar-refractivity contribution is 6.07. The molecule has 0 aliphatic carbocycles. The van der Waals surface area contributed by atoms with Gasteiger partial charge in [-0.1, -0.05) is 0 Å². The summed E-state index contributed by atoms with van der Waals surface area (Å²) >= 11 is 0. The van der Waals surface area contributed by atoms with E-state index in [-0.39, 0.29) is 11.5 Å². The predicted octanol–water partition coefficient (Wildman–Crippen LogP) is 4.05. The Hall–Kier alpha value is -3.02. The first-order chi connectivity index (χ1) is 12.7. The van der Waals surface area contributed by atoms with E-state index in [4.69, 9.17) is 14.6 Å². The number of carbonyl (C=O) groups is 2. The molecule has 0 atom stereocenters. The molecule has 27 heavy (non-hydrogen) atoms. The van der Waals surface area contributed by atoms with Crippen LogP contribution in [0.25, 0.3) is 6.08 Å². The molecule has 0 aliphatic heterocycles. The lowest BCUT2D eigenvalue weighted by Crippen LogP contribution is -2.10. The van der Waals surface area contributed by atoms with Crippen LogP contribution in [0.2, 0.25) is 0 Å². The van der Waals surface area contributed by atoms with Gasteiger partial charge in [-0.05, 0) is 69.7 Å². The van der Waals surface area contributed by atoms with Crippen LogP contribution in [0.4, 0.5) is 0 Å². The molecule has 1 heterocycles. The molecule has 1 aromatic heterocycles. The van der Waals surface area contributed by atoms with Crippen LogP contribution in [0.15, 0.2) is 30.3 Å². The zero-order chi connectivity index (χ0) is 20.1. The van der Waals surface area contributed by atoms with Gasteiger partial charge in [0.1, 0.15) is 0 Å². The normalized spacial score (nSPS) is 11.2. The molecule has 1 aromatic carbocycles. The van der Waals surface area contributed by atoms with E-state index in [1.54, 1.807) is 12.1 Å². The van der Waals surface area contributed by atoms with E-state index >= 15 is 0 Å². The molecule has 6 nitrogen and oxygen atoms in total. The van der Waals surface area contributed by atoms with Gasteiger partial charge in [0.2, 0.25) is 0 Å². The van der Waals surface area contributed by atoms with Gasteiger partial charge in [-0.3, -0.25) is 4.79 Å². The maximum absolute atomic E-state index is 12.5. The Morgan fingerprint density at radius 1 is 1.19 bits per heavy atom. The molecule has 0 unspecified atom stereocenters. The summed E-state index contributed by atoms with van der Waals surface area (Å²) in [6.45, 7) is 7.86. The number of aromatic nitrogens is 1. The van der Waals surface area contributed by atoms with Crippen molar-refractivity contribution in [2.75, 3.05) is 13.7 Å². The third-order valence-electron chi connectivity index (χ3n) is 4.25. The zero-order valence-electron chi connectivity index (χ0n) is 16.3. The Morgan fingerprint density at radius 3 is 2.44 bits per heavy atom. The molecule has 2 rings (SSSR count). The average Bonchev–Trinajstić information content (AvgIpc) is 2.91. The second kappa shape index (κ2) is 8.58. The number of carboxylic acids is 1. The van der Waals surface area contributed by atoms with Crippen LogP contribution >= 0.6 is 0 Å². The third-order valence-corrected chi connectivity index (χ3v) is 4.25. The summed E-state index contributed by atoms with van der Waals surface area (Å²) in [5.74, 6) is -0.666. The topological polar surface area (TPSA) is 77.8 Å². The van der Waals surface area contributed by atoms with E-state index in [1.807, 2.05) is 19.9 Å². The van der Waals surface area contributed by atoms with Crippen LogP contribution < -0.4 is 9.47 Å². The number of nitrogens with zero attached hydrogens (tertiary/aromatic N) is 1. The lowest BCUT2D eigenvalue weighted by molar-refractivity contribution is -0.139. The second-order valence-corrected chi connectivity index (χ2v) is 6.54. The van der Waals surface area contributed by atoms with Crippen LogP contribution in [0.1, 0.15) is 47.2 Å². The molecular formula is C21H25NO5. The molecule has 6 heteroatoms. The summed E-state index contributed by atoms with van der Waals surface area (Å²) < 4.78 is 12.6. The fourth-order valence-electron chi connectivity index (χ4n) is 3.11. The summed E-state index contributed by atoms with van der Waals surface area (Å²) in [7, 11) is 1.44. The molecule has 1 N–H and O–H groups in total. The van der Waals surface area contributed by atoms with Gasteiger partial charge in [0, 0.05) is 23.0 Å². The van der Waals surface area contributed by atoms with Gasteiger partial charge in [0.05, 0.1) is 7.11 Å². The smallest absolute Gasteiger partial charge is 0.341 e. The van der Waals surface area contributed by atoms with E-state index in [0.717, 1.165) is 17.0 Å². The first-order valence-corrected chi connectivity index (χ1v) is 8.68. The fraction of sp³-hybridized carbons (Fsp3) is 0.333. The maximum Gasteiger partial charge on any atom is 0.341 e. The molecule has 144 valence electrons. The minimum Gasteiger partial charge on any atom is -0.493 e. The molecule has 0 bridgehead atoms. The van der Waals surface area contributed by atoms with Gasteiger partial charge in [-0.15, -0.1) is 0 Å². The molecule has 0 amide bonds. The van der Waals surface area contributed by atoms with Crippen molar-refractivity contribution >= 4 is 17.8 Å². The van der Waals surface area contributed by atoms with E-state index in [2.05, 4.69) is 24.5 Å². The number of carboxylic acid groups (broad SMARTS) is 1. The Morgan fingerprint density at radius 2 is 1.89 bits per heavy atom. The number of ketones is 1. The number of carbonyl (C=O) groups excluding carboxylic acids is 1. The monoisotopic (exact) mass is 371 g/mol. The summed E-state index contributed by atoms with van der Waals surface area (Å²) in [6, 6.07) is 7.08. The summed E-state index contributed by atoms with van der Waals surface area (Å²) in [5.41, 5.74) is 3.70. The van der Waals surface area contributed by atoms with Crippen LogP contribution in [0, 0.1) is 13.8 Å². The van der Waals surface area contributed by atoms with Gasteiger partial charge >= 0.3 is 5.97 Å². The summed E-state index contributed by atoms with van der Waals surface area (Å²) in [6.07, 6.45) is 3.34. The van der Waals surface area contributed by atoms with Gasteiger partial charge in [0.25, 0.3) is 0 Å². The molecule has 0 fully saturated rings. The average molecular weight is 371 g/mol. The van der Waals surface area contributed by atoms with Crippen LogP contribution in [-0.4, -0.2) is 35.1 Å². The number of allylic oxidation sites excluding steroid dienone is 1. The van der Waals surface area contributed by atoms with Crippen LogP contribution in [0.3, 0.4) is 0 Å². The number of ether oxygens (including phenoxy) is 2. The highest BCUT2D eigenvalue weighted by Crippen LogP contribution is 2.28. The molecule has 0 aliphatic rings. The largest absolute Gasteiger partial charge is 0.493 e. The number of aryl methyl sites for hydroxylation is 1. The lowest BCUT2D eigenvalue weighted by atomic mass is 10.1. The number of rotatable bonds is 8. The molecule has 2 aromatic rings. The number of hydrogen-bond donors (Lipinski definition) is 1. The maximum atomic E-state index is 12.5. The third kappa shape index (κ3) is 4.78. The van der Waals surface area contributed by atoms with Crippen molar-refractivity contribution in [2.24, 2.45) is 0 Å². The Labute approximate surface area is 159 Å². The first kappa shape index (κ1) is 20.3. The summed E-state index contributed by atoms with van der Waals surface area (Å²) in [5, 5.41) is 8.71. The van der Waals surface area contributed by atoms with Crippen LogP contribution in [-0.2, 0) is 4.79 Å². The Kier molecular flexibility index (Phi) is 6.45. The highest BCUT2D eigenvalue weighted by Gasteiger charge is 2.12. The minimum atomic E-state index is -1.08. The van der Waals surface area contributed by atoms with Crippen molar-refractivity contribution < 1.29 is 24.2 Å². The Bertz CT molecular complexity index is 877. The van der Waals surface area contributed by atoms with Gasteiger partial charge < -0.3 is 19.1 Å². The summed E-state index contributed by atoms with van der Waals surface area (Å²) in [4.78, 5) is 23.1. The number of aliphatic carboxylic acids is 1. The Balaban J connectivity index is 2.22. The van der Waals surface area contributed by atoms with Gasteiger partial charge in [-0.2, -0.15) is 0 Å².